The Hall–Kier alpha value is -1.27. The van der Waals surface area contributed by atoms with E-state index in [0.717, 1.165) is 25.1 Å². The van der Waals surface area contributed by atoms with Crippen molar-refractivity contribution in [2.45, 2.75) is 32.5 Å². The Kier molecular flexibility index (Phi) is 7.53. The zero-order valence-electron chi connectivity index (χ0n) is 12.4. The van der Waals surface area contributed by atoms with Crippen molar-refractivity contribution in [3.63, 3.8) is 0 Å². The number of rotatable bonds is 9. The number of hydrogen-bond donors (Lipinski definition) is 1. The first-order chi connectivity index (χ1) is 9.89. The van der Waals surface area contributed by atoms with Gasteiger partial charge >= 0.3 is 6.18 Å². The molecule has 1 aromatic carbocycles. The Bertz CT molecular complexity index is 408. The van der Waals surface area contributed by atoms with E-state index in [9.17, 15) is 13.2 Å². The number of benzene rings is 1. The van der Waals surface area contributed by atoms with E-state index in [-0.39, 0.29) is 11.9 Å². The lowest BCUT2D eigenvalue weighted by Crippen LogP contribution is -2.23. The molecule has 1 aromatic rings. The fourth-order valence-electron chi connectivity index (χ4n) is 1.64. The fraction of sp³-hybridized carbons (Fsp3) is 0.600. The highest BCUT2D eigenvalue weighted by Gasteiger charge is 2.30. The van der Waals surface area contributed by atoms with Gasteiger partial charge in [0.15, 0.2) is 0 Å². The Morgan fingerprint density at radius 1 is 1.14 bits per heavy atom. The van der Waals surface area contributed by atoms with E-state index in [1.165, 1.54) is 12.1 Å². The summed E-state index contributed by atoms with van der Waals surface area (Å²) in [6, 6.07) is 4.90. The van der Waals surface area contributed by atoms with E-state index in [4.69, 9.17) is 9.47 Å². The van der Waals surface area contributed by atoms with Gasteiger partial charge in [0, 0.05) is 13.2 Å². The van der Waals surface area contributed by atoms with Crippen molar-refractivity contribution < 1.29 is 22.6 Å². The molecule has 0 unspecified atom stereocenters. The third-order valence-corrected chi connectivity index (χ3v) is 2.66. The van der Waals surface area contributed by atoms with Crippen molar-refractivity contribution >= 4 is 0 Å². The molecule has 0 spiro atoms. The molecular formula is C15H22F3NO2. The molecule has 0 aromatic heterocycles. The van der Waals surface area contributed by atoms with Crippen LogP contribution in [0.1, 0.15) is 25.8 Å². The molecule has 21 heavy (non-hydrogen) atoms. The van der Waals surface area contributed by atoms with Crippen LogP contribution in [0.5, 0.6) is 5.75 Å². The average Bonchev–Trinajstić information content (AvgIpc) is 2.41. The van der Waals surface area contributed by atoms with Gasteiger partial charge in [-0.2, -0.15) is 13.2 Å². The van der Waals surface area contributed by atoms with Gasteiger partial charge in [-0.25, -0.2) is 0 Å². The lowest BCUT2D eigenvalue weighted by atomic mass is 10.2. The third-order valence-electron chi connectivity index (χ3n) is 2.66. The van der Waals surface area contributed by atoms with Gasteiger partial charge in [-0.15, -0.1) is 0 Å². The third kappa shape index (κ3) is 7.92. The molecule has 0 atom stereocenters. The molecule has 1 rings (SSSR count). The Labute approximate surface area is 123 Å². The van der Waals surface area contributed by atoms with Crippen LogP contribution in [0.4, 0.5) is 13.2 Å². The van der Waals surface area contributed by atoms with E-state index < -0.39 is 11.7 Å². The summed E-state index contributed by atoms with van der Waals surface area (Å²) in [5.41, 5.74) is -0.696. The highest BCUT2D eigenvalue weighted by atomic mass is 19.4. The smallest absolute Gasteiger partial charge is 0.416 e. The van der Waals surface area contributed by atoms with Gasteiger partial charge in [0.2, 0.25) is 0 Å². The van der Waals surface area contributed by atoms with Gasteiger partial charge in [-0.1, -0.05) is 6.07 Å². The predicted octanol–water partition coefficient (Wildman–Crippen LogP) is 3.49. The normalized spacial score (nSPS) is 11.9. The maximum Gasteiger partial charge on any atom is 0.416 e. The molecule has 120 valence electrons. The molecule has 0 radical (unpaired) electrons. The lowest BCUT2D eigenvalue weighted by molar-refractivity contribution is -0.137. The second-order valence-electron chi connectivity index (χ2n) is 4.90. The standard InChI is InChI=1S/C15H22F3NO2/c1-12(2)20-9-4-7-19-8-10-21-14-6-3-5-13(11-14)15(16,17)18/h3,5-6,11-12,19H,4,7-10H2,1-2H3. The van der Waals surface area contributed by atoms with Gasteiger partial charge < -0.3 is 14.8 Å². The van der Waals surface area contributed by atoms with Crippen LogP contribution in [0.15, 0.2) is 24.3 Å². The monoisotopic (exact) mass is 305 g/mol. The summed E-state index contributed by atoms with van der Waals surface area (Å²) in [4.78, 5) is 0. The van der Waals surface area contributed by atoms with E-state index in [1.54, 1.807) is 0 Å². The molecule has 0 aliphatic rings. The molecule has 3 nitrogen and oxygen atoms in total. The molecule has 0 fully saturated rings. The number of halogens is 3. The van der Waals surface area contributed by atoms with Crippen LogP contribution >= 0.6 is 0 Å². The van der Waals surface area contributed by atoms with E-state index in [2.05, 4.69) is 5.32 Å². The zero-order valence-corrected chi connectivity index (χ0v) is 12.4. The Morgan fingerprint density at radius 3 is 2.57 bits per heavy atom. The minimum atomic E-state index is -4.34. The molecule has 0 heterocycles. The van der Waals surface area contributed by atoms with E-state index in [1.807, 2.05) is 13.8 Å². The second-order valence-corrected chi connectivity index (χ2v) is 4.90. The highest BCUT2D eigenvalue weighted by molar-refractivity contribution is 5.30. The molecule has 0 aliphatic heterocycles. The molecular weight excluding hydrogens is 283 g/mol. The molecule has 0 saturated carbocycles. The SMILES string of the molecule is CC(C)OCCCNCCOc1cccc(C(F)(F)F)c1. The maximum atomic E-state index is 12.5. The van der Waals surface area contributed by atoms with Crippen molar-refractivity contribution in [2.75, 3.05) is 26.3 Å². The number of alkyl halides is 3. The number of nitrogens with one attached hydrogen (secondary N) is 1. The summed E-state index contributed by atoms with van der Waals surface area (Å²) < 4.78 is 48.2. The van der Waals surface area contributed by atoms with Crippen molar-refractivity contribution in [1.82, 2.24) is 5.32 Å². The van der Waals surface area contributed by atoms with Crippen LogP contribution in [-0.2, 0) is 10.9 Å². The summed E-state index contributed by atoms with van der Waals surface area (Å²) in [5.74, 6) is 0.231. The maximum absolute atomic E-state index is 12.5. The molecule has 0 bridgehead atoms. The summed E-state index contributed by atoms with van der Waals surface area (Å²) in [7, 11) is 0. The predicted molar refractivity (Wildman–Crippen MR) is 75.5 cm³/mol. The van der Waals surface area contributed by atoms with Gasteiger partial charge in [0.25, 0.3) is 0 Å². The molecule has 1 N–H and O–H groups in total. The van der Waals surface area contributed by atoms with Crippen LogP contribution in [0.25, 0.3) is 0 Å². The quantitative estimate of drug-likeness (QED) is 0.708. The minimum absolute atomic E-state index is 0.231. The van der Waals surface area contributed by atoms with Crippen molar-refractivity contribution in [3.05, 3.63) is 29.8 Å². The van der Waals surface area contributed by atoms with Gasteiger partial charge in [0.1, 0.15) is 12.4 Å². The summed E-state index contributed by atoms with van der Waals surface area (Å²) in [6.07, 6.45) is -3.22. The van der Waals surface area contributed by atoms with Crippen molar-refractivity contribution in [1.29, 1.82) is 0 Å². The first-order valence-corrected chi connectivity index (χ1v) is 7.02. The first kappa shape index (κ1) is 17.8. The highest BCUT2D eigenvalue weighted by Crippen LogP contribution is 2.31. The topological polar surface area (TPSA) is 30.5 Å². The van der Waals surface area contributed by atoms with Gasteiger partial charge in [-0.05, 0) is 45.0 Å². The molecule has 0 aliphatic carbocycles. The van der Waals surface area contributed by atoms with Gasteiger partial charge in [0.05, 0.1) is 11.7 Å². The van der Waals surface area contributed by atoms with Crippen molar-refractivity contribution in [3.8, 4) is 5.75 Å². The van der Waals surface area contributed by atoms with Crippen LogP contribution in [-0.4, -0.2) is 32.4 Å². The Morgan fingerprint density at radius 2 is 1.90 bits per heavy atom. The summed E-state index contributed by atoms with van der Waals surface area (Å²) in [5, 5.41) is 3.15. The Balaban J connectivity index is 2.16. The largest absolute Gasteiger partial charge is 0.492 e. The van der Waals surface area contributed by atoms with Crippen LogP contribution < -0.4 is 10.1 Å². The van der Waals surface area contributed by atoms with Crippen LogP contribution in [0.3, 0.4) is 0 Å². The van der Waals surface area contributed by atoms with E-state index in [0.29, 0.717) is 19.8 Å². The zero-order chi connectivity index (χ0) is 15.7. The molecule has 6 heteroatoms. The average molecular weight is 305 g/mol. The number of hydrogen-bond acceptors (Lipinski definition) is 3. The lowest BCUT2D eigenvalue weighted by Gasteiger charge is -2.11. The van der Waals surface area contributed by atoms with Crippen LogP contribution in [0.2, 0.25) is 0 Å². The first-order valence-electron chi connectivity index (χ1n) is 7.02. The molecule has 0 amide bonds. The fourth-order valence-corrected chi connectivity index (χ4v) is 1.64. The minimum Gasteiger partial charge on any atom is -0.492 e. The molecule has 0 saturated heterocycles. The van der Waals surface area contributed by atoms with Crippen LogP contribution in [0, 0.1) is 0 Å². The van der Waals surface area contributed by atoms with Gasteiger partial charge in [-0.3, -0.25) is 0 Å². The second kappa shape index (κ2) is 8.89. The van der Waals surface area contributed by atoms with Crippen molar-refractivity contribution in [2.24, 2.45) is 0 Å². The number of ether oxygens (including phenoxy) is 2. The summed E-state index contributed by atoms with van der Waals surface area (Å²) in [6.45, 7) is 6.36. The summed E-state index contributed by atoms with van der Waals surface area (Å²) >= 11 is 0. The van der Waals surface area contributed by atoms with E-state index >= 15 is 0 Å².